The van der Waals surface area contributed by atoms with Crippen molar-refractivity contribution in [3.63, 3.8) is 0 Å². The molecule has 17 heavy (non-hydrogen) atoms. The van der Waals surface area contributed by atoms with Gasteiger partial charge in [0, 0.05) is 10.8 Å². The maximum absolute atomic E-state index is 12.0. The first-order valence-electron chi connectivity index (χ1n) is 5.99. The van der Waals surface area contributed by atoms with Crippen LogP contribution in [0.2, 0.25) is 0 Å². The number of nitrogens with zero attached hydrogens (tertiary/aromatic N) is 1. The number of hydrogen-bond acceptors (Lipinski definition) is 4. The molecule has 5 heteroatoms. The van der Waals surface area contributed by atoms with E-state index in [9.17, 15) is 9.90 Å². The minimum absolute atomic E-state index is 0.0305. The Morgan fingerprint density at radius 3 is 2.53 bits per heavy atom. The first-order chi connectivity index (χ1) is 8.06. The average molecular weight is 254 g/mol. The molecule has 0 spiro atoms. The number of aromatic nitrogens is 1. The highest BCUT2D eigenvalue weighted by Crippen LogP contribution is 2.27. The monoisotopic (exact) mass is 254 g/mol. The Morgan fingerprint density at radius 1 is 1.35 bits per heavy atom. The first kappa shape index (κ1) is 12.5. The Bertz CT molecular complexity index is 389. The Kier molecular flexibility index (Phi) is 3.79. The van der Waals surface area contributed by atoms with E-state index in [1.807, 2.05) is 13.8 Å². The van der Waals surface area contributed by atoms with Crippen molar-refractivity contribution < 1.29 is 9.90 Å². The highest BCUT2D eigenvalue weighted by molar-refractivity contribution is 7.15. The molecular formula is C12H18N2O2S. The van der Waals surface area contributed by atoms with Gasteiger partial charge in [-0.1, -0.05) is 0 Å². The predicted molar refractivity (Wildman–Crippen MR) is 68.2 cm³/mol. The van der Waals surface area contributed by atoms with E-state index >= 15 is 0 Å². The van der Waals surface area contributed by atoms with Gasteiger partial charge in [0.05, 0.1) is 11.8 Å². The molecule has 94 valence electrons. The van der Waals surface area contributed by atoms with Crippen molar-refractivity contribution in [2.75, 3.05) is 5.32 Å². The molecule has 2 rings (SSSR count). The molecule has 0 saturated heterocycles. The summed E-state index contributed by atoms with van der Waals surface area (Å²) in [4.78, 5) is 17.4. The van der Waals surface area contributed by atoms with E-state index < -0.39 is 0 Å². The van der Waals surface area contributed by atoms with Crippen molar-refractivity contribution in [2.24, 2.45) is 5.92 Å². The number of thiazole rings is 1. The van der Waals surface area contributed by atoms with Crippen LogP contribution in [0, 0.1) is 19.8 Å². The normalized spacial score (nSPS) is 24.6. The van der Waals surface area contributed by atoms with Crippen molar-refractivity contribution in [3.8, 4) is 0 Å². The van der Waals surface area contributed by atoms with Crippen LogP contribution in [0.4, 0.5) is 5.13 Å². The molecule has 0 aromatic carbocycles. The number of hydrogen-bond donors (Lipinski definition) is 2. The third kappa shape index (κ3) is 3.04. The zero-order valence-corrected chi connectivity index (χ0v) is 11.0. The van der Waals surface area contributed by atoms with E-state index in [-0.39, 0.29) is 17.9 Å². The summed E-state index contributed by atoms with van der Waals surface area (Å²) in [6, 6.07) is 0. The number of aliphatic hydroxyl groups excluding tert-OH is 1. The summed E-state index contributed by atoms with van der Waals surface area (Å²) in [6.45, 7) is 3.94. The average Bonchev–Trinajstić information content (AvgIpc) is 2.58. The molecule has 0 unspecified atom stereocenters. The van der Waals surface area contributed by atoms with Gasteiger partial charge in [-0.15, -0.1) is 11.3 Å². The number of amides is 1. The third-order valence-electron chi connectivity index (χ3n) is 3.33. The zero-order chi connectivity index (χ0) is 12.4. The van der Waals surface area contributed by atoms with Crippen molar-refractivity contribution >= 4 is 22.4 Å². The lowest BCUT2D eigenvalue weighted by atomic mass is 9.87. The maximum Gasteiger partial charge on any atom is 0.229 e. The number of rotatable bonds is 2. The molecule has 1 saturated carbocycles. The van der Waals surface area contributed by atoms with E-state index in [1.54, 1.807) is 0 Å². The maximum atomic E-state index is 12.0. The van der Waals surface area contributed by atoms with Gasteiger partial charge in [0.1, 0.15) is 0 Å². The minimum atomic E-state index is -0.219. The summed E-state index contributed by atoms with van der Waals surface area (Å²) in [5.41, 5.74) is 0.976. The summed E-state index contributed by atoms with van der Waals surface area (Å²) in [6.07, 6.45) is 2.79. The largest absolute Gasteiger partial charge is 0.393 e. The molecule has 0 atom stereocenters. The van der Waals surface area contributed by atoms with Gasteiger partial charge < -0.3 is 10.4 Å². The summed E-state index contributed by atoms with van der Waals surface area (Å²) in [7, 11) is 0. The van der Waals surface area contributed by atoms with Crippen LogP contribution in [0.25, 0.3) is 0 Å². The zero-order valence-electron chi connectivity index (χ0n) is 10.2. The molecule has 1 fully saturated rings. The second kappa shape index (κ2) is 5.14. The van der Waals surface area contributed by atoms with Crippen molar-refractivity contribution in [1.82, 2.24) is 4.98 Å². The second-order valence-electron chi connectivity index (χ2n) is 4.66. The Balaban J connectivity index is 1.93. The Morgan fingerprint density at radius 2 is 2.00 bits per heavy atom. The van der Waals surface area contributed by atoms with Gasteiger partial charge in [0.15, 0.2) is 5.13 Å². The van der Waals surface area contributed by atoms with Crippen LogP contribution in [0.3, 0.4) is 0 Å². The molecule has 0 bridgehead atoms. The quantitative estimate of drug-likeness (QED) is 0.851. The topological polar surface area (TPSA) is 62.2 Å². The lowest BCUT2D eigenvalue weighted by Crippen LogP contribution is -2.28. The van der Waals surface area contributed by atoms with Crippen LogP contribution in [0.15, 0.2) is 0 Å². The summed E-state index contributed by atoms with van der Waals surface area (Å²) < 4.78 is 0. The van der Waals surface area contributed by atoms with Crippen LogP contribution in [-0.4, -0.2) is 22.1 Å². The number of aryl methyl sites for hydroxylation is 2. The fourth-order valence-electron chi connectivity index (χ4n) is 2.07. The predicted octanol–water partition coefficient (Wildman–Crippen LogP) is 2.25. The van der Waals surface area contributed by atoms with Gasteiger partial charge >= 0.3 is 0 Å². The number of nitrogens with one attached hydrogen (secondary N) is 1. The molecule has 4 nitrogen and oxygen atoms in total. The third-order valence-corrected chi connectivity index (χ3v) is 4.31. The van der Waals surface area contributed by atoms with Gasteiger partial charge in [0.2, 0.25) is 5.91 Å². The van der Waals surface area contributed by atoms with Gasteiger partial charge in [-0.2, -0.15) is 0 Å². The molecule has 0 aliphatic heterocycles. The van der Waals surface area contributed by atoms with Crippen molar-refractivity contribution in [2.45, 2.75) is 45.6 Å². The van der Waals surface area contributed by atoms with Gasteiger partial charge in [0.25, 0.3) is 0 Å². The second-order valence-corrected chi connectivity index (χ2v) is 5.86. The van der Waals surface area contributed by atoms with Crippen molar-refractivity contribution in [3.05, 3.63) is 10.6 Å². The van der Waals surface area contributed by atoms with E-state index in [0.717, 1.165) is 36.3 Å². The fourth-order valence-corrected chi connectivity index (χ4v) is 2.89. The summed E-state index contributed by atoms with van der Waals surface area (Å²) in [5, 5.41) is 13.0. The molecule has 1 amide bonds. The summed E-state index contributed by atoms with van der Waals surface area (Å²) in [5.74, 6) is 0.0774. The van der Waals surface area contributed by atoms with Crippen LogP contribution in [0.5, 0.6) is 0 Å². The molecule has 1 heterocycles. The first-order valence-corrected chi connectivity index (χ1v) is 6.81. The molecule has 1 aliphatic rings. The molecule has 1 aliphatic carbocycles. The van der Waals surface area contributed by atoms with Crippen LogP contribution >= 0.6 is 11.3 Å². The van der Waals surface area contributed by atoms with E-state index in [2.05, 4.69) is 10.3 Å². The van der Waals surface area contributed by atoms with Crippen molar-refractivity contribution in [1.29, 1.82) is 0 Å². The highest BCUT2D eigenvalue weighted by atomic mass is 32.1. The van der Waals surface area contributed by atoms with E-state index in [0.29, 0.717) is 5.13 Å². The van der Waals surface area contributed by atoms with Crippen LogP contribution < -0.4 is 5.32 Å². The molecule has 1 aromatic rings. The molecule has 1 aromatic heterocycles. The van der Waals surface area contributed by atoms with Gasteiger partial charge in [-0.3, -0.25) is 4.79 Å². The number of anilines is 1. The van der Waals surface area contributed by atoms with E-state index in [4.69, 9.17) is 0 Å². The Labute approximate surface area is 105 Å². The molecule has 0 radical (unpaired) electrons. The van der Waals surface area contributed by atoms with Gasteiger partial charge in [-0.05, 0) is 39.5 Å². The lowest BCUT2D eigenvalue weighted by molar-refractivity contribution is -0.121. The Hall–Kier alpha value is -0.940. The number of carbonyl (C=O) groups excluding carboxylic acids is 1. The van der Waals surface area contributed by atoms with E-state index in [1.165, 1.54) is 11.3 Å². The van der Waals surface area contributed by atoms with Crippen LogP contribution in [-0.2, 0) is 4.79 Å². The van der Waals surface area contributed by atoms with Gasteiger partial charge in [-0.25, -0.2) is 4.98 Å². The summed E-state index contributed by atoms with van der Waals surface area (Å²) >= 11 is 1.51. The highest BCUT2D eigenvalue weighted by Gasteiger charge is 2.25. The number of carbonyl (C=O) groups is 1. The smallest absolute Gasteiger partial charge is 0.229 e. The fraction of sp³-hybridized carbons (Fsp3) is 0.667. The minimum Gasteiger partial charge on any atom is -0.393 e. The lowest BCUT2D eigenvalue weighted by Gasteiger charge is -2.23. The van der Waals surface area contributed by atoms with Crippen LogP contribution in [0.1, 0.15) is 36.3 Å². The molecule has 2 N–H and O–H groups in total. The standard InChI is InChI=1S/C12H18N2O2S/c1-7-8(2)17-12(13-7)14-11(16)9-3-5-10(15)6-4-9/h9-10,15H,3-6H2,1-2H3,(H,13,14,16). The molecular weight excluding hydrogens is 236 g/mol. The SMILES string of the molecule is Cc1nc(NC(=O)C2CCC(O)CC2)sc1C. The number of aliphatic hydroxyl groups is 1.